The first-order valence-electron chi connectivity index (χ1n) is 6.42. The van der Waals surface area contributed by atoms with Gasteiger partial charge in [-0.05, 0) is 57.7 Å². The second-order valence-electron chi connectivity index (χ2n) is 4.90. The van der Waals surface area contributed by atoms with Crippen molar-refractivity contribution in [1.29, 1.82) is 0 Å². The SMILES string of the molecule is CNC(C)CCC1CCCc2cccnc21. The van der Waals surface area contributed by atoms with Crippen LogP contribution in [0.1, 0.15) is 49.8 Å². The van der Waals surface area contributed by atoms with E-state index in [4.69, 9.17) is 0 Å². The third-order valence-corrected chi connectivity index (χ3v) is 3.75. The number of pyridine rings is 1. The molecule has 0 fully saturated rings. The fourth-order valence-electron chi connectivity index (χ4n) is 2.58. The number of hydrogen-bond acceptors (Lipinski definition) is 2. The summed E-state index contributed by atoms with van der Waals surface area (Å²) in [6.45, 7) is 2.25. The van der Waals surface area contributed by atoms with Gasteiger partial charge in [-0.2, -0.15) is 0 Å². The van der Waals surface area contributed by atoms with Gasteiger partial charge >= 0.3 is 0 Å². The number of aryl methyl sites for hydroxylation is 1. The van der Waals surface area contributed by atoms with Crippen molar-refractivity contribution in [2.45, 2.75) is 51.0 Å². The summed E-state index contributed by atoms with van der Waals surface area (Å²) >= 11 is 0. The molecule has 2 unspecified atom stereocenters. The van der Waals surface area contributed by atoms with Gasteiger partial charge in [-0.1, -0.05) is 6.07 Å². The highest BCUT2D eigenvalue weighted by Crippen LogP contribution is 2.33. The predicted molar refractivity (Wildman–Crippen MR) is 67.7 cm³/mol. The van der Waals surface area contributed by atoms with Crippen LogP contribution in [0.25, 0.3) is 0 Å². The molecule has 1 aliphatic rings. The second-order valence-corrected chi connectivity index (χ2v) is 4.90. The summed E-state index contributed by atoms with van der Waals surface area (Å²) in [7, 11) is 2.04. The van der Waals surface area contributed by atoms with Crippen molar-refractivity contribution >= 4 is 0 Å². The molecule has 1 aliphatic carbocycles. The maximum atomic E-state index is 4.58. The second kappa shape index (κ2) is 5.44. The largest absolute Gasteiger partial charge is 0.317 e. The van der Waals surface area contributed by atoms with Crippen LogP contribution in [0.15, 0.2) is 18.3 Å². The fourth-order valence-corrected chi connectivity index (χ4v) is 2.58. The molecular weight excluding hydrogens is 196 g/mol. The van der Waals surface area contributed by atoms with E-state index in [1.165, 1.54) is 43.4 Å². The van der Waals surface area contributed by atoms with Crippen LogP contribution in [0.3, 0.4) is 0 Å². The zero-order valence-corrected chi connectivity index (χ0v) is 10.4. The Morgan fingerprint density at radius 3 is 3.25 bits per heavy atom. The summed E-state index contributed by atoms with van der Waals surface area (Å²) in [6, 6.07) is 4.93. The van der Waals surface area contributed by atoms with E-state index < -0.39 is 0 Å². The average Bonchev–Trinajstić information content (AvgIpc) is 2.35. The van der Waals surface area contributed by atoms with Crippen LogP contribution in [0.5, 0.6) is 0 Å². The maximum absolute atomic E-state index is 4.58. The summed E-state index contributed by atoms with van der Waals surface area (Å²) in [4.78, 5) is 4.58. The molecule has 2 rings (SSSR count). The Hall–Kier alpha value is -0.890. The van der Waals surface area contributed by atoms with Crippen LogP contribution >= 0.6 is 0 Å². The molecule has 88 valence electrons. The molecule has 0 bridgehead atoms. The number of rotatable bonds is 4. The summed E-state index contributed by atoms with van der Waals surface area (Å²) < 4.78 is 0. The predicted octanol–water partition coefficient (Wildman–Crippen LogP) is 2.89. The van der Waals surface area contributed by atoms with E-state index in [9.17, 15) is 0 Å². The first-order chi connectivity index (χ1) is 7.81. The van der Waals surface area contributed by atoms with E-state index in [0.29, 0.717) is 12.0 Å². The van der Waals surface area contributed by atoms with E-state index in [2.05, 4.69) is 29.4 Å². The molecule has 0 saturated heterocycles. The molecule has 0 saturated carbocycles. The van der Waals surface area contributed by atoms with Crippen molar-refractivity contribution in [3.05, 3.63) is 29.6 Å². The van der Waals surface area contributed by atoms with E-state index >= 15 is 0 Å². The molecule has 0 aromatic carbocycles. The van der Waals surface area contributed by atoms with Crippen molar-refractivity contribution in [2.75, 3.05) is 7.05 Å². The van der Waals surface area contributed by atoms with Crippen LogP contribution in [0.4, 0.5) is 0 Å². The molecule has 0 radical (unpaired) electrons. The van der Waals surface area contributed by atoms with Gasteiger partial charge in [0.25, 0.3) is 0 Å². The van der Waals surface area contributed by atoms with Gasteiger partial charge in [0.15, 0.2) is 0 Å². The number of aromatic nitrogens is 1. The molecule has 0 aliphatic heterocycles. The van der Waals surface area contributed by atoms with Crippen molar-refractivity contribution in [3.8, 4) is 0 Å². The van der Waals surface area contributed by atoms with Gasteiger partial charge in [-0.3, -0.25) is 4.98 Å². The smallest absolute Gasteiger partial charge is 0.0466 e. The van der Waals surface area contributed by atoms with Crippen molar-refractivity contribution < 1.29 is 0 Å². The summed E-state index contributed by atoms with van der Waals surface area (Å²) in [5.74, 6) is 0.695. The number of nitrogens with zero attached hydrogens (tertiary/aromatic N) is 1. The normalized spacial score (nSPS) is 21.5. The van der Waals surface area contributed by atoms with Crippen molar-refractivity contribution in [2.24, 2.45) is 0 Å². The highest BCUT2D eigenvalue weighted by atomic mass is 14.8. The Labute approximate surface area is 98.5 Å². The zero-order valence-electron chi connectivity index (χ0n) is 10.4. The number of fused-ring (bicyclic) bond motifs is 1. The topological polar surface area (TPSA) is 24.9 Å². The molecule has 0 amide bonds. The van der Waals surface area contributed by atoms with Gasteiger partial charge in [0.05, 0.1) is 0 Å². The Balaban J connectivity index is 2.01. The van der Waals surface area contributed by atoms with E-state index in [1.54, 1.807) is 0 Å². The maximum Gasteiger partial charge on any atom is 0.0466 e. The van der Waals surface area contributed by atoms with Crippen LogP contribution in [-0.2, 0) is 6.42 Å². The van der Waals surface area contributed by atoms with Crippen molar-refractivity contribution in [3.63, 3.8) is 0 Å². The zero-order chi connectivity index (χ0) is 11.4. The molecule has 1 aromatic rings. The molecule has 1 heterocycles. The molecule has 2 heteroatoms. The molecule has 16 heavy (non-hydrogen) atoms. The van der Waals surface area contributed by atoms with Gasteiger partial charge in [0, 0.05) is 23.9 Å². The highest BCUT2D eigenvalue weighted by Gasteiger charge is 2.21. The Morgan fingerprint density at radius 1 is 1.56 bits per heavy atom. The lowest BCUT2D eigenvalue weighted by molar-refractivity contribution is 0.449. The Morgan fingerprint density at radius 2 is 2.44 bits per heavy atom. The van der Waals surface area contributed by atoms with Gasteiger partial charge in [0.1, 0.15) is 0 Å². The van der Waals surface area contributed by atoms with Gasteiger partial charge in [0.2, 0.25) is 0 Å². The molecule has 2 atom stereocenters. The standard InChI is InChI=1S/C14H22N2/c1-11(15-2)8-9-13-6-3-5-12-7-4-10-16-14(12)13/h4,7,10-11,13,15H,3,5-6,8-9H2,1-2H3. The first kappa shape index (κ1) is 11.6. The lowest BCUT2D eigenvalue weighted by Gasteiger charge is -2.25. The Kier molecular flexibility index (Phi) is 3.94. The Bertz CT molecular complexity index is 335. The van der Waals surface area contributed by atoms with Gasteiger partial charge in [-0.15, -0.1) is 0 Å². The number of hydrogen-bond donors (Lipinski definition) is 1. The van der Waals surface area contributed by atoms with Crippen LogP contribution in [0, 0.1) is 0 Å². The van der Waals surface area contributed by atoms with Gasteiger partial charge in [-0.25, -0.2) is 0 Å². The number of nitrogens with one attached hydrogen (secondary N) is 1. The minimum atomic E-state index is 0.620. The van der Waals surface area contributed by atoms with Crippen LogP contribution in [0.2, 0.25) is 0 Å². The summed E-state index contributed by atoms with van der Waals surface area (Å²) in [6.07, 6.45) is 8.33. The lowest BCUT2D eigenvalue weighted by Crippen LogP contribution is -2.22. The third kappa shape index (κ3) is 2.62. The fraction of sp³-hybridized carbons (Fsp3) is 0.643. The van der Waals surface area contributed by atoms with E-state index in [-0.39, 0.29) is 0 Å². The summed E-state index contributed by atoms with van der Waals surface area (Å²) in [5.41, 5.74) is 2.85. The molecular formula is C14H22N2. The van der Waals surface area contributed by atoms with Crippen LogP contribution < -0.4 is 5.32 Å². The quantitative estimate of drug-likeness (QED) is 0.840. The minimum Gasteiger partial charge on any atom is -0.317 e. The molecule has 0 spiro atoms. The van der Waals surface area contributed by atoms with Crippen molar-refractivity contribution in [1.82, 2.24) is 10.3 Å². The monoisotopic (exact) mass is 218 g/mol. The van der Waals surface area contributed by atoms with E-state index in [1.807, 2.05) is 13.2 Å². The third-order valence-electron chi connectivity index (χ3n) is 3.75. The van der Waals surface area contributed by atoms with Crippen LogP contribution in [-0.4, -0.2) is 18.1 Å². The average molecular weight is 218 g/mol. The highest BCUT2D eigenvalue weighted by molar-refractivity contribution is 5.25. The lowest BCUT2D eigenvalue weighted by atomic mass is 9.83. The first-order valence-corrected chi connectivity index (χ1v) is 6.42. The summed E-state index contributed by atoms with van der Waals surface area (Å²) in [5, 5.41) is 3.31. The van der Waals surface area contributed by atoms with Gasteiger partial charge < -0.3 is 5.32 Å². The minimum absolute atomic E-state index is 0.620. The molecule has 1 aromatic heterocycles. The van der Waals surface area contributed by atoms with E-state index in [0.717, 1.165) is 0 Å². The molecule has 2 nitrogen and oxygen atoms in total. The molecule has 1 N–H and O–H groups in total.